The van der Waals surface area contributed by atoms with Crippen LogP contribution in [-0.2, 0) is 6.42 Å². The third-order valence-corrected chi connectivity index (χ3v) is 3.50. The Morgan fingerprint density at radius 3 is 2.83 bits per heavy atom. The Bertz CT molecular complexity index is 390. The van der Waals surface area contributed by atoms with Gasteiger partial charge in [-0.25, -0.2) is 4.39 Å². The number of hydrogen-bond donors (Lipinski definition) is 1. The van der Waals surface area contributed by atoms with Crippen LogP contribution in [0.4, 0.5) is 4.39 Å². The van der Waals surface area contributed by atoms with Gasteiger partial charge in [0.2, 0.25) is 0 Å². The second-order valence-electron chi connectivity index (χ2n) is 5.22. The zero-order valence-corrected chi connectivity index (χ0v) is 11.0. The molecule has 0 bridgehead atoms. The first-order valence-corrected chi connectivity index (χ1v) is 6.86. The summed E-state index contributed by atoms with van der Waals surface area (Å²) < 4.78 is 19.2. The predicted molar refractivity (Wildman–Crippen MR) is 71.2 cm³/mol. The molecule has 0 amide bonds. The van der Waals surface area contributed by atoms with Gasteiger partial charge >= 0.3 is 0 Å². The van der Waals surface area contributed by atoms with Gasteiger partial charge < -0.3 is 10.5 Å². The molecule has 0 radical (unpaired) electrons. The molecule has 3 heteroatoms. The Labute approximate surface area is 108 Å². The monoisotopic (exact) mass is 251 g/mol. The van der Waals surface area contributed by atoms with E-state index in [1.807, 2.05) is 13.0 Å². The molecule has 2 nitrogen and oxygen atoms in total. The van der Waals surface area contributed by atoms with E-state index in [1.54, 1.807) is 12.1 Å². The third-order valence-electron chi connectivity index (χ3n) is 3.50. The van der Waals surface area contributed by atoms with E-state index in [-0.39, 0.29) is 11.9 Å². The normalized spacial score (nSPS) is 16.6. The molecule has 0 saturated heterocycles. The summed E-state index contributed by atoms with van der Waals surface area (Å²) in [4.78, 5) is 0. The summed E-state index contributed by atoms with van der Waals surface area (Å²) in [5.41, 5.74) is 6.80. The average Bonchev–Trinajstić information content (AvgIpc) is 3.16. The molecule has 2 N–H and O–H groups in total. The molecule has 1 atom stereocenters. The highest BCUT2D eigenvalue weighted by molar-refractivity contribution is 5.29. The van der Waals surface area contributed by atoms with Crippen molar-refractivity contribution in [2.24, 2.45) is 11.7 Å². The fraction of sp³-hybridized carbons (Fsp3) is 0.600. The lowest BCUT2D eigenvalue weighted by Crippen LogP contribution is -2.21. The summed E-state index contributed by atoms with van der Waals surface area (Å²) >= 11 is 0. The van der Waals surface area contributed by atoms with E-state index in [0.29, 0.717) is 12.4 Å². The summed E-state index contributed by atoms with van der Waals surface area (Å²) in [6.07, 6.45) is 5.28. The molecule has 0 aliphatic heterocycles. The molecule has 100 valence electrons. The van der Waals surface area contributed by atoms with Gasteiger partial charge in [-0.3, -0.25) is 0 Å². The molecule has 1 aromatic rings. The lowest BCUT2D eigenvalue weighted by Gasteiger charge is -2.11. The third kappa shape index (κ3) is 3.98. The highest BCUT2D eigenvalue weighted by Crippen LogP contribution is 2.32. The number of benzene rings is 1. The van der Waals surface area contributed by atoms with E-state index in [2.05, 4.69) is 0 Å². The van der Waals surface area contributed by atoms with Crippen molar-refractivity contribution in [3.63, 3.8) is 0 Å². The van der Waals surface area contributed by atoms with Crippen molar-refractivity contribution in [3.05, 3.63) is 29.6 Å². The minimum atomic E-state index is -0.272. The van der Waals surface area contributed by atoms with Crippen LogP contribution in [0, 0.1) is 11.7 Å². The fourth-order valence-electron chi connectivity index (χ4n) is 1.98. The minimum Gasteiger partial charge on any atom is -0.491 e. The van der Waals surface area contributed by atoms with Crippen molar-refractivity contribution in [1.82, 2.24) is 0 Å². The fourth-order valence-corrected chi connectivity index (χ4v) is 1.98. The zero-order chi connectivity index (χ0) is 13.0. The van der Waals surface area contributed by atoms with Crippen molar-refractivity contribution < 1.29 is 9.13 Å². The standard InChI is InChI=1S/C15H22FNO/c1-2-13(17)9-12-5-6-15(14(16)10-12)18-8-7-11-3-4-11/h5-6,10-11,13H,2-4,7-9,17H2,1H3. The topological polar surface area (TPSA) is 35.2 Å². The van der Waals surface area contributed by atoms with Gasteiger partial charge in [0.1, 0.15) is 0 Å². The summed E-state index contributed by atoms with van der Waals surface area (Å²) in [6, 6.07) is 5.28. The van der Waals surface area contributed by atoms with E-state index in [4.69, 9.17) is 10.5 Å². The van der Waals surface area contributed by atoms with Gasteiger partial charge in [0.15, 0.2) is 11.6 Å². The molecule has 1 unspecified atom stereocenters. The first-order chi connectivity index (χ1) is 8.69. The molecule has 1 fully saturated rings. The lowest BCUT2D eigenvalue weighted by molar-refractivity contribution is 0.288. The number of ether oxygens (including phenoxy) is 1. The number of nitrogens with two attached hydrogens (primary N) is 1. The second-order valence-corrected chi connectivity index (χ2v) is 5.22. The highest BCUT2D eigenvalue weighted by Gasteiger charge is 2.20. The van der Waals surface area contributed by atoms with Gasteiger partial charge in [0.25, 0.3) is 0 Å². The van der Waals surface area contributed by atoms with E-state index in [1.165, 1.54) is 12.8 Å². The number of rotatable bonds is 7. The maximum Gasteiger partial charge on any atom is 0.165 e. The smallest absolute Gasteiger partial charge is 0.165 e. The van der Waals surface area contributed by atoms with E-state index in [0.717, 1.165) is 30.7 Å². The molecule has 1 aromatic carbocycles. The molecule has 0 spiro atoms. The van der Waals surface area contributed by atoms with Crippen molar-refractivity contribution in [2.75, 3.05) is 6.61 Å². The first-order valence-electron chi connectivity index (χ1n) is 6.86. The van der Waals surface area contributed by atoms with Crippen molar-refractivity contribution in [3.8, 4) is 5.75 Å². The molecule has 0 heterocycles. The van der Waals surface area contributed by atoms with Crippen LogP contribution in [0.15, 0.2) is 18.2 Å². The van der Waals surface area contributed by atoms with Crippen LogP contribution in [-0.4, -0.2) is 12.6 Å². The molecule has 1 aliphatic rings. The Morgan fingerprint density at radius 2 is 2.22 bits per heavy atom. The van der Waals surface area contributed by atoms with Gasteiger partial charge in [-0.1, -0.05) is 25.8 Å². The van der Waals surface area contributed by atoms with Crippen LogP contribution in [0.25, 0.3) is 0 Å². The van der Waals surface area contributed by atoms with Gasteiger partial charge in [-0.05, 0) is 42.9 Å². The Hall–Kier alpha value is -1.09. The van der Waals surface area contributed by atoms with Crippen LogP contribution in [0.3, 0.4) is 0 Å². The molecular formula is C15H22FNO. The molecule has 1 aliphatic carbocycles. The van der Waals surface area contributed by atoms with Crippen LogP contribution in [0.5, 0.6) is 5.75 Å². The zero-order valence-electron chi connectivity index (χ0n) is 11.0. The molecule has 18 heavy (non-hydrogen) atoms. The first kappa shape index (κ1) is 13.3. The number of halogens is 1. The summed E-state index contributed by atoms with van der Waals surface area (Å²) in [5.74, 6) is 0.908. The van der Waals surface area contributed by atoms with E-state index in [9.17, 15) is 4.39 Å². The van der Waals surface area contributed by atoms with Gasteiger partial charge in [-0.2, -0.15) is 0 Å². The van der Waals surface area contributed by atoms with Gasteiger partial charge in [-0.15, -0.1) is 0 Å². The lowest BCUT2D eigenvalue weighted by atomic mass is 10.0. The Morgan fingerprint density at radius 1 is 1.44 bits per heavy atom. The molecule has 0 aromatic heterocycles. The molecular weight excluding hydrogens is 229 g/mol. The number of hydrogen-bond acceptors (Lipinski definition) is 2. The van der Waals surface area contributed by atoms with Crippen LogP contribution < -0.4 is 10.5 Å². The van der Waals surface area contributed by atoms with Crippen molar-refractivity contribution >= 4 is 0 Å². The minimum absolute atomic E-state index is 0.103. The predicted octanol–water partition coefficient (Wildman–Crippen LogP) is 3.28. The summed E-state index contributed by atoms with van der Waals surface area (Å²) in [5, 5.41) is 0. The van der Waals surface area contributed by atoms with Crippen LogP contribution in [0.1, 0.15) is 38.2 Å². The second kappa shape index (κ2) is 6.19. The average molecular weight is 251 g/mol. The SMILES string of the molecule is CCC(N)Cc1ccc(OCCC2CC2)c(F)c1. The maximum absolute atomic E-state index is 13.8. The maximum atomic E-state index is 13.8. The summed E-state index contributed by atoms with van der Waals surface area (Å²) in [6.45, 7) is 2.66. The molecule has 1 saturated carbocycles. The van der Waals surface area contributed by atoms with Crippen LogP contribution in [0.2, 0.25) is 0 Å². The largest absolute Gasteiger partial charge is 0.491 e. The highest BCUT2D eigenvalue weighted by atomic mass is 19.1. The van der Waals surface area contributed by atoms with Gasteiger partial charge in [0.05, 0.1) is 6.61 Å². The summed E-state index contributed by atoms with van der Waals surface area (Å²) in [7, 11) is 0. The van der Waals surface area contributed by atoms with Crippen molar-refractivity contribution in [1.29, 1.82) is 0 Å². The quantitative estimate of drug-likeness (QED) is 0.807. The van der Waals surface area contributed by atoms with Gasteiger partial charge in [0, 0.05) is 6.04 Å². The van der Waals surface area contributed by atoms with Crippen molar-refractivity contribution in [2.45, 2.75) is 45.1 Å². The Balaban J connectivity index is 1.87. The van der Waals surface area contributed by atoms with E-state index < -0.39 is 0 Å². The Kier molecular flexibility index (Phi) is 4.59. The molecule has 2 rings (SSSR count). The van der Waals surface area contributed by atoms with E-state index >= 15 is 0 Å². The van der Waals surface area contributed by atoms with Crippen LogP contribution >= 0.6 is 0 Å².